The minimum absolute atomic E-state index is 0.146. The van der Waals surface area contributed by atoms with E-state index in [1.54, 1.807) is 32.2 Å². The highest BCUT2D eigenvalue weighted by molar-refractivity contribution is 5.88. The standard InChI is InChI=1S/C22H24O7/c1-16(2)22(24)29-19-7-4-17(5-8-19)18-6-9-20(27-13-11-26-15-23)21(14-18)28-12-10-25-3/h4-9,14-15H,1,10-13H2,2-3H3. The number of carbonyl (C=O) groups excluding carboxylic acids is 2. The molecule has 2 aromatic carbocycles. The first-order chi connectivity index (χ1) is 14.0. The SMILES string of the molecule is C=C(C)C(=O)Oc1ccc(-c2ccc(OCCOC=O)c(OCCOC)c2)cc1. The first-order valence-electron chi connectivity index (χ1n) is 8.97. The van der Waals surface area contributed by atoms with Gasteiger partial charge in [0.1, 0.15) is 25.6 Å². The third-order valence-corrected chi connectivity index (χ3v) is 3.76. The molecule has 0 saturated heterocycles. The summed E-state index contributed by atoms with van der Waals surface area (Å²) < 4.78 is 26.2. The summed E-state index contributed by atoms with van der Waals surface area (Å²) in [6, 6.07) is 12.6. The second kappa shape index (κ2) is 11.5. The Kier molecular flexibility index (Phi) is 8.72. The lowest BCUT2D eigenvalue weighted by Gasteiger charge is -2.14. The second-order valence-corrected chi connectivity index (χ2v) is 6.01. The number of esters is 1. The Hall–Kier alpha value is -3.32. The minimum Gasteiger partial charge on any atom is -0.487 e. The first kappa shape index (κ1) is 22.0. The number of carbonyl (C=O) groups is 2. The largest absolute Gasteiger partial charge is 0.487 e. The van der Waals surface area contributed by atoms with Crippen LogP contribution >= 0.6 is 0 Å². The monoisotopic (exact) mass is 400 g/mol. The van der Waals surface area contributed by atoms with Crippen molar-refractivity contribution in [3.8, 4) is 28.4 Å². The molecule has 29 heavy (non-hydrogen) atoms. The third kappa shape index (κ3) is 6.97. The van der Waals surface area contributed by atoms with Crippen LogP contribution in [0, 0.1) is 0 Å². The molecule has 0 spiro atoms. The molecule has 0 radical (unpaired) electrons. The highest BCUT2D eigenvalue weighted by Crippen LogP contribution is 2.33. The molecule has 154 valence electrons. The molecule has 0 atom stereocenters. The number of ether oxygens (including phenoxy) is 5. The van der Waals surface area contributed by atoms with Gasteiger partial charge in [0.05, 0.1) is 6.61 Å². The van der Waals surface area contributed by atoms with E-state index in [9.17, 15) is 9.59 Å². The zero-order chi connectivity index (χ0) is 21.1. The van der Waals surface area contributed by atoms with Crippen LogP contribution in [0.3, 0.4) is 0 Å². The zero-order valence-electron chi connectivity index (χ0n) is 16.5. The molecular formula is C22H24O7. The molecule has 0 aliphatic heterocycles. The maximum Gasteiger partial charge on any atom is 0.338 e. The van der Waals surface area contributed by atoms with Crippen molar-refractivity contribution >= 4 is 12.4 Å². The average Bonchev–Trinajstić information content (AvgIpc) is 2.72. The van der Waals surface area contributed by atoms with Gasteiger partial charge >= 0.3 is 5.97 Å². The Morgan fingerprint density at radius 3 is 2.24 bits per heavy atom. The van der Waals surface area contributed by atoms with Crippen LogP contribution in [0.25, 0.3) is 11.1 Å². The van der Waals surface area contributed by atoms with E-state index in [0.717, 1.165) is 11.1 Å². The average molecular weight is 400 g/mol. The second-order valence-electron chi connectivity index (χ2n) is 6.01. The van der Waals surface area contributed by atoms with E-state index in [1.807, 2.05) is 24.3 Å². The van der Waals surface area contributed by atoms with Crippen LogP contribution in [0.2, 0.25) is 0 Å². The van der Waals surface area contributed by atoms with Gasteiger partial charge in [-0.25, -0.2) is 4.79 Å². The van der Waals surface area contributed by atoms with Gasteiger partial charge in [-0.3, -0.25) is 4.79 Å². The first-order valence-corrected chi connectivity index (χ1v) is 8.97. The smallest absolute Gasteiger partial charge is 0.338 e. The Bertz CT molecular complexity index is 828. The molecule has 0 N–H and O–H groups in total. The van der Waals surface area contributed by atoms with E-state index in [1.165, 1.54) is 0 Å². The lowest BCUT2D eigenvalue weighted by atomic mass is 10.0. The molecule has 0 amide bonds. The van der Waals surface area contributed by atoms with Crippen molar-refractivity contribution in [3.05, 3.63) is 54.6 Å². The summed E-state index contributed by atoms with van der Waals surface area (Å²) in [5.41, 5.74) is 2.14. The van der Waals surface area contributed by atoms with Crippen LogP contribution in [0.15, 0.2) is 54.6 Å². The molecule has 0 aliphatic rings. The molecular weight excluding hydrogens is 376 g/mol. The fourth-order valence-corrected chi connectivity index (χ4v) is 2.31. The number of benzene rings is 2. The Morgan fingerprint density at radius 2 is 1.59 bits per heavy atom. The van der Waals surface area contributed by atoms with Gasteiger partial charge in [0.2, 0.25) is 0 Å². The van der Waals surface area contributed by atoms with Crippen molar-refractivity contribution < 1.29 is 33.3 Å². The topological polar surface area (TPSA) is 80.3 Å². The number of hydrogen-bond donors (Lipinski definition) is 0. The van der Waals surface area contributed by atoms with Gasteiger partial charge < -0.3 is 23.7 Å². The van der Waals surface area contributed by atoms with Gasteiger partial charge in [0, 0.05) is 12.7 Å². The van der Waals surface area contributed by atoms with Crippen LogP contribution in [-0.2, 0) is 19.1 Å². The van der Waals surface area contributed by atoms with Gasteiger partial charge in [-0.2, -0.15) is 0 Å². The van der Waals surface area contributed by atoms with Gasteiger partial charge in [0.15, 0.2) is 11.5 Å². The van der Waals surface area contributed by atoms with Crippen molar-refractivity contribution in [2.45, 2.75) is 6.92 Å². The van der Waals surface area contributed by atoms with Crippen LogP contribution in [-0.4, -0.2) is 46.0 Å². The van der Waals surface area contributed by atoms with E-state index in [2.05, 4.69) is 11.3 Å². The normalized spacial score (nSPS) is 10.1. The summed E-state index contributed by atoms with van der Waals surface area (Å²) in [6.45, 7) is 6.68. The summed E-state index contributed by atoms with van der Waals surface area (Å²) in [4.78, 5) is 21.8. The summed E-state index contributed by atoms with van der Waals surface area (Å²) in [7, 11) is 1.59. The van der Waals surface area contributed by atoms with Crippen molar-refractivity contribution in [1.82, 2.24) is 0 Å². The predicted molar refractivity (Wildman–Crippen MR) is 107 cm³/mol. The Morgan fingerprint density at radius 1 is 0.931 bits per heavy atom. The predicted octanol–water partition coefficient (Wildman–Crippen LogP) is 3.41. The molecule has 2 aromatic rings. The molecule has 0 unspecified atom stereocenters. The van der Waals surface area contributed by atoms with Gasteiger partial charge in [0.25, 0.3) is 6.47 Å². The molecule has 0 fully saturated rings. The Balaban J connectivity index is 2.16. The van der Waals surface area contributed by atoms with Gasteiger partial charge in [-0.1, -0.05) is 24.8 Å². The maximum atomic E-state index is 11.6. The Labute approximate surface area is 169 Å². The van der Waals surface area contributed by atoms with E-state index in [-0.39, 0.29) is 13.2 Å². The molecule has 7 heteroatoms. The molecule has 0 saturated carbocycles. The van der Waals surface area contributed by atoms with Crippen molar-refractivity contribution in [2.24, 2.45) is 0 Å². The maximum absolute atomic E-state index is 11.6. The molecule has 2 rings (SSSR count). The van der Waals surface area contributed by atoms with Crippen LogP contribution in [0.5, 0.6) is 17.2 Å². The fourth-order valence-electron chi connectivity index (χ4n) is 2.31. The highest BCUT2D eigenvalue weighted by Gasteiger charge is 2.10. The van der Waals surface area contributed by atoms with E-state index < -0.39 is 5.97 Å². The fraction of sp³-hybridized carbons (Fsp3) is 0.273. The van der Waals surface area contributed by atoms with Crippen molar-refractivity contribution in [3.63, 3.8) is 0 Å². The van der Waals surface area contributed by atoms with Gasteiger partial charge in [-0.15, -0.1) is 0 Å². The molecule has 0 heterocycles. The van der Waals surface area contributed by atoms with Crippen LogP contribution < -0.4 is 14.2 Å². The quantitative estimate of drug-likeness (QED) is 0.178. The lowest BCUT2D eigenvalue weighted by Crippen LogP contribution is -2.09. The van der Waals surface area contributed by atoms with Crippen molar-refractivity contribution in [1.29, 1.82) is 0 Å². The summed E-state index contributed by atoms with van der Waals surface area (Å²) in [5, 5.41) is 0. The van der Waals surface area contributed by atoms with Crippen LogP contribution in [0.4, 0.5) is 0 Å². The van der Waals surface area contributed by atoms with Crippen molar-refractivity contribution in [2.75, 3.05) is 33.5 Å². The summed E-state index contributed by atoms with van der Waals surface area (Å²) >= 11 is 0. The zero-order valence-corrected chi connectivity index (χ0v) is 16.5. The number of hydrogen-bond acceptors (Lipinski definition) is 7. The van der Waals surface area contributed by atoms with E-state index in [4.69, 9.17) is 18.9 Å². The molecule has 0 aromatic heterocycles. The lowest BCUT2D eigenvalue weighted by molar-refractivity contribution is -0.130. The molecule has 7 nitrogen and oxygen atoms in total. The molecule has 0 bridgehead atoms. The minimum atomic E-state index is -0.466. The number of rotatable bonds is 12. The molecule has 0 aliphatic carbocycles. The highest BCUT2D eigenvalue weighted by atomic mass is 16.6. The summed E-state index contributed by atoms with van der Waals surface area (Å²) in [5.74, 6) is 1.05. The van der Waals surface area contributed by atoms with E-state index >= 15 is 0 Å². The summed E-state index contributed by atoms with van der Waals surface area (Å²) in [6.07, 6.45) is 0. The van der Waals surface area contributed by atoms with Gasteiger partial charge in [-0.05, 0) is 42.3 Å². The number of methoxy groups -OCH3 is 1. The van der Waals surface area contributed by atoms with Crippen LogP contribution in [0.1, 0.15) is 6.92 Å². The van der Waals surface area contributed by atoms with E-state index in [0.29, 0.717) is 42.5 Å². The third-order valence-electron chi connectivity index (χ3n) is 3.76.